The first kappa shape index (κ1) is 16.5. The van der Waals surface area contributed by atoms with Gasteiger partial charge in [0.15, 0.2) is 0 Å². The molecule has 2 rings (SSSR count). The van der Waals surface area contributed by atoms with Crippen molar-refractivity contribution < 1.29 is 13.2 Å². The summed E-state index contributed by atoms with van der Waals surface area (Å²) in [6.07, 6.45) is 1.14. The van der Waals surface area contributed by atoms with Crippen LogP contribution in [0.25, 0.3) is 10.9 Å². The number of rotatable bonds is 5. The highest BCUT2D eigenvalue weighted by atomic mass is 32.2. The molecule has 120 valence electrons. The standard InChI is InChI=1S/C15H21N3O3S/c1-10-11(2)17-14-12(10)6-5-7-13(14)15(19)16-8-9-18(3)22(4,20)21/h5-7,17H,8-9H2,1-4H3,(H,16,19). The van der Waals surface area contributed by atoms with Gasteiger partial charge in [-0.3, -0.25) is 4.79 Å². The maximum atomic E-state index is 12.3. The molecule has 0 aliphatic heterocycles. The highest BCUT2D eigenvalue weighted by Crippen LogP contribution is 2.24. The van der Waals surface area contributed by atoms with Gasteiger partial charge in [-0.15, -0.1) is 0 Å². The number of aryl methyl sites for hydroxylation is 2. The number of H-pyrrole nitrogens is 1. The summed E-state index contributed by atoms with van der Waals surface area (Å²) in [6, 6.07) is 5.58. The molecule has 0 bridgehead atoms. The van der Waals surface area contributed by atoms with Gasteiger partial charge in [-0.25, -0.2) is 12.7 Å². The Morgan fingerprint density at radius 3 is 2.64 bits per heavy atom. The Morgan fingerprint density at radius 2 is 2.00 bits per heavy atom. The molecule has 6 nitrogen and oxygen atoms in total. The lowest BCUT2D eigenvalue weighted by Crippen LogP contribution is -2.35. The first-order valence-electron chi connectivity index (χ1n) is 6.99. The van der Waals surface area contributed by atoms with Gasteiger partial charge in [-0.05, 0) is 25.5 Å². The average Bonchev–Trinajstić information content (AvgIpc) is 2.73. The van der Waals surface area contributed by atoms with Crippen molar-refractivity contribution in [1.82, 2.24) is 14.6 Å². The summed E-state index contributed by atoms with van der Waals surface area (Å²) in [5.41, 5.74) is 3.54. The van der Waals surface area contributed by atoms with Crippen molar-refractivity contribution >= 4 is 26.8 Å². The summed E-state index contributed by atoms with van der Waals surface area (Å²) in [5.74, 6) is -0.214. The van der Waals surface area contributed by atoms with Crippen LogP contribution in [0.5, 0.6) is 0 Å². The van der Waals surface area contributed by atoms with E-state index in [0.717, 1.165) is 28.4 Å². The predicted molar refractivity (Wildman–Crippen MR) is 87.6 cm³/mol. The highest BCUT2D eigenvalue weighted by Gasteiger charge is 2.15. The molecule has 0 saturated heterocycles. The molecule has 0 unspecified atom stereocenters. The topological polar surface area (TPSA) is 82.3 Å². The van der Waals surface area contributed by atoms with Crippen molar-refractivity contribution in [1.29, 1.82) is 0 Å². The number of aromatic nitrogens is 1. The third-order valence-corrected chi connectivity index (χ3v) is 5.18. The van der Waals surface area contributed by atoms with Gasteiger partial charge >= 0.3 is 0 Å². The van der Waals surface area contributed by atoms with Crippen LogP contribution in [0.4, 0.5) is 0 Å². The number of aromatic amines is 1. The van der Waals surface area contributed by atoms with Crippen molar-refractivity contribution in [2.75, 3.05) is 26.4 Å². The third kappa shape index (κ3) is 3.31. The Labute approximate surface area is 130 Å². The third-order valence-electron chi connectivity index (χ3n) is 3.87. The van der Waals surface area contributed by atoms with E-state index in [-0.39, 0.29) is 19.0 Å². The second kappa shape index (κ2) is 6.10. The van der Waals surface area contributed by atoms with Gasteiger partial charge < -0.3 is 10.3 Å². The van der Waals surface area contributed by atoms with Gasteiger partial charge in [0.2, 0.25) is 10.0 Å². The van der Waals surface area contributed by atoms with E-state index in [9.17, 15) is 13.2 Å². The summed E-state index contributed by atoms with van der Waals surface area (Å²) in [5, 5.41) is 3.78. The van der Waals surface area contributed by atoms with Crippen LogP contribution < -0.4 is 5.32 Å². The lowest BCUT2D eigenvalue weighted by Gasteiger charge is -2.14. The number of nitrogens with one attached hydrogen (secondary N) is 2. The van der Waals surface area contributed by atoms with Crippen LogP contribution in [-0.4, -0.2) is 50.0 Å². The van der Waals surface area contributed by atoms with Crippen LogP contribution in [-0.2, 0) is 10.0 Å². The summed E-state index contributed by atoms with van der Waals surface area (Å²) in [6.45, 7) is 4.48. The van der Waals surface area contributed by atoms with Gasteiger partial charge in [0.25, 0.3) is 5.91 Å². The molecule has 1 aromatic carbocycles. The number of carbonyl (C=O) groups is 1. The molecule has 0 radical (unpaired) electrons. The van der Waals surface area contributed by atoms with E-state index < -0.39 is 10.0 Å². The normalized spacial score (nSPS) is 12.0. The zero-order valence-electron chi connectivity index (χ0n) is 13.2. The lowest BCUT2D eigenvalue weighted by atomic mass is 10.1. The number of hydrogen-bond donors (Lipinski definition) is 2. The molecule has 1 aromatic heterocycles. The summed E-state index contributed by atoms with van der Waals surface area (Å²) >= 11 is 0. The Hall–Kier alpha value is -1.86. The molecular formula is C15H21N3O3S. The van der Waals surface area contributed by atoms with E-state index in [2.05, 4.69) is 10.3 Å². The van der Waals surface area contributed by atoms with Crippen LogP contribution in [0.3, 0.4) is 0 Å². The summed E-state index contributed by atoms with van der Waals surface area (Å²) in [4.78, 5) is 15.5. The SMILES string of the molecule is Cc1[nH]c2c(C(=O)NCCN(C)S(C)(=O)=O)cccc2c1C. The minimum Gasteiger partial charge on any atom is -0.358 e. The van der Waals surface area contributed by atoms with Gasteiger partial charge in [-0.2, -0.15) is 0 Å². The molecular weight excluding hydrogens is 302 g/mol. The Balaban J connectivity index is 2.12. The zero-order chi connectivity index (χ0) is 16.5. The number of hydrogen-bond acceptors (Lipinski definition) is 3. The molecule has 1 amide bonds. The van der Waals surface area contributed by atoms with E-state index in [1.807, 2.05) is 26.0 Å². The highest BCUT2D eigenvalue weighted by molar-refractivity contribution is 7.88. The van der Waals surface area contributed by atoms with E-state index in [0.29, 0.717) is 5.56 Å². The second-order valence-corrected chi connectivity index (χ2v) is 7.53. The molecule has 1 heterocycles. The van der Waals surface area contributed by atoms with Crippen molar-refractivity contribution in [2.24, 2.45) is 0 Å². The number of likely N-dealkylation sites (N-methyl/N-ethyl adjacent to an activating group) is 1. The minimum atomic E-state index is -3.23. The molecule has 22 heavy (non-hydrogen) atoms. The fourth-order valence-electron chi connectivity index (χ4n) is 2.26. The first-order chi connectivity index (χ1) is 10.2. The average molecular weight is 323 g/mol. The quantitative estimate of drug-likeness (QED) is 0.873. The fraction of sp³-hybridized carbons (Fsp3) is 0.400. The van der Waals surface area contributed by atoms with Crippen molar-refractivity contribution in [3.63, 3.8) is 0 Å². The molecule has 0 aliphatic carbocycles. The largest absolute Gasteiger partial charge is 0.358 e. The van der Waals surface area contributed by atoms with Gasteiger partial charge in [0.1, 0.15) is 0 Å². The Morgan fingerprint density at radius 1 is 1.32 bits per heavy atom. The molecule has 0 fully saturated rings. The van der Waals surface area contributed by atoms with Gasteiger partial charge in [-0.1, -0.05) is 12.1 Å². The minimum absolute atomic E-state index is 0.214. The van der Waals surface area contributed by atoms with Crippen LogP contribution >= 0.6 is 0 Å². The van der Waals surface area contributed by atoms with Crippen molar-refractivity contribution in [3.8, 4) is 0 Å². The first-order valence-corrected chi connectivity index (χ1v) is 8.84. The van der Waals surface area contributed by atoms with Crippen LogP contribution in [0.15, 0.2) is 18.2 Å². The van der Waals surface area contributed by atoms with Crippen molar-refractivity contribution in [3.05, 3.63) is 35.0 Å². The smallest absolute Gasteiger partial charge is 0.253 e. The zero-order valence-corrected chi connectivity index (χ0v) is 14.0. The number of nitrogens with zero attached hydrogens (tertiary/aromatic N) is 1. The van der Waals surface area contributed by atoms with Crippen molar-refractivity contribution in [2.45, 2.75) is 13.8 Å². The van der Waals surface area contributed by atoms with E-state index >= 15 is 0 Å². The monoisotopic (exact) mass is 323 g/mol. The van der Waals surface area contributed by atoms with Gasteiger partial charge in [0, 0.05) is 31.2 Å². The summed E-state index contributed by atoms with van der Waals surface area (Å²) in [7, 11) is -1.74. The molecule has 0 saturated carbocycles. The molecule has 0 spiro atoms. The molecule has 0 aliphatic rings. The maximum Gasteiger partial charge on any atom is 0.253 e. The number of benzene rings is 1. The number of para-hydroxylation sites is 1. The number of amides is 1. The van der Waals surface area contributed by atoms with E-state index in [1.165, 1.54) is 11.4 Å². The van der Waals surface area contributed by atoms with Crippen LogP contribution in [0.2, 0.25) is 0 Å². The van der Waals surface area contributed by atoms with Crippen LogP contribution in [0.1, 0.15) is 21.6 Å². The number of carbonyl (C=O) groups excluding carboxylic acids is 1. The number of fused-ring (bicyclic) bond motifs is 1. The van der Waals surface area contributed by atoms with Crippen LogP contribution in [0, 0.1) is 13.8 Å². The fourth-order valence-corrected chi connectivity index (χ4v) is 2.68. The van der Waals surface area contributed by atoms with E-state index in [1.54, 1.807) is 6.07 Å². The number of sulfonamides is 1. The predicted octanol–water partition coefficient (Wildman–Crippen LogP) is 1.41. The maximum absolute atomic E-state index is 12.3. The molecule has 2 N–H and O–H groups in total. The molecule has 7 heteroatoms. The summed E-state index contributed by atoms with van der Waals surface area (Å²) < 4.78 is 23.8. The second-order valence-electron chi connectivity index (χ2n) is 5.44. The van der Waals surface area contributed by atoms with Gasteiger partial charge in [0.05, 0.1) is 17.3 Å². The van der Waals surface area contributed by atoms with E-state index in [4.69, 9.17) is 0 Å². The Bertz CT molecular complexity index is 809. The Kier molecular flexibility index (Phi) is 4.58. The molecule has 2 aromatic rings. The molecule has 0 atom stereocenters. The lowest BCUT2D eigenvalue weighted by molar-refractivity contribution is 0.0953.